The molecule has 2 aliphatic heterocycles. The number of rotatable bonds is 5. The van der Waals surface area contributed by atoms with E-state index < -0.39 is 17.8 Å². The van der Waals surface area contributed by atoms with E-state index in [0.717, 1.165) is 44.1 Å². The summed E-state index contributed by atoms with van der Waals surface area (Å²) in [4.78, 5) is 28.0. The Kier molecular flexibility index (Phi) is 6.37. The van der Waals surface area contributed by atoms with Crippen molar-refractivity contribution in [1.29, 1.82) is 0 Å². The van der Waals surface area contributed by atoms with Crippen LogP contribution in [0.4, 0.5) is 14.5 Å². The molecule has 1 atom stereocenters. The first-order valence-electron chi connectivity index (χ1n) is 11.4. The van der Waals surface area contributed by atoms with Crippen LogP contribution in [0.25, 0.3) is 22.3 Å². The number of carbonyl (C=O) groups is 1. The largest absolute Gasteiger partial charge is 0.360 e. The number of aromatic nitrogens is 2. The van der Waals surface area contributed by atoms with Gasteiger partial charge in [-0.05, 0) is 69.4 Å². The van der Waals surface area contributed by atoms with Crippen LogP contribution in [0.2, 0.25) is 0 Å². The fraction of sp³-hybridized carbons (Fsp3) is 0.280. The van der Waals surface area contributed by atoms with E-state index in [1.165, 1.54) is 6.34 Å². The van der Waals surface area contributed by atoms with E-state index in [1.54, 1.807) is 24.4 Å². The summed E-state index contributed by atoms with van der Waals surface area (Å²) in [6.07, 6.45) is 5.99. The molecule has 8 nitrogen and oxygen atoms in total. The van der Waals surface area contributed by atoms with Crippen molar-refractivity contribution in [2.24, 2.45) is 10.9 Å². The van der Waals surface area contributed by atoms with Crippen molar-refractivity contribution >= 4 is 29.0 Å². The first-order valence-corrected chi connectivity index (χ1v) is 11.4. The maximum Gasteiger partial charge on any atom is 0.228 e. The smallest absolute Gasteiger partial charge is 0.228 e. The predicted molar refractivity (Wildman–Crippen MR) is 130 cm³/mol. The predicted octanol–water partition coefficient (Wildman–Crippen LogP) is 3.24. The van der Waals surface area contributed by atoms with Gasteiger partial charge in [0.25, 0.3) is 0 Å². The highest BCUT2D eigenvalue weighted by Crippen LogP contribution is 2.30. The van der Waals surface area contributed by atoms with Gasteiger partial charge in [-0.15, -0.1) is 0 Å². The zero-order chi connectivity index (χ0) is 24.4. The van der Waals surface area contributed by atoms with Crippen LogP contribution in [-0.4, -0.2) is 53.4 Å². The van der Waals surface area contributed by atoms with Gasteiger partial charge in [-0.3, -0.25) is 4.79 Å². The van der Waals surface area contributed by atoms with E-state index in [-0.39, 0.29) is 23.1 Å². The van der Waals surface area contributed by atoms with Crippen LogP contribution in [0.1, 0.15) is 12.8 Å². The van der Waals surface area contributed by atoms with Gasteiger partial charge in [0.2, 0.25) is 5.91 Å². The van der Waals surface area contributed by atoms with E-state index in [1.807, 2.05) is 6.07 Å². The number of amides is 1. The molecule has 5 rings (SSSR count). The normalized spacial score (nSPS) is 18.7. The van der Waals surface area contributed by atoms with Crippen LogP contribution in [0.3, 0.4) is 0 Å². The SMILES string of the molecule is CN1CCC(C(=O)NC2=CC(Nc3cc(-c4cc(F)ccc4F)nc4ncccc34)N=CN2)CC1. The van der Waals surface area contributed by atoms with Crippen molar-refractivity contribution in [2.75, 3.05) is 25.5 Å². The maximum atomic E-state index is 14.5. The zero-order valence-corrected chi connectivity index (χ0v) is 19.1. The lowest BCUT2D eigenvalue weighted by Crippen LogP contribution is -2.42. The minimum absolute atomic E-state index is 0.0201. The van der Waals surface area contributed by atoms with Gasteiger partial charge in [-0.25, -0.2) is 23.7 Å². The van der Waals surface area contributed by atoms with Crippen LogP contribution in [0, 0.1) is 17.6 Å². The summed E-state index contributed by atoms with van der Waals surface area (Å²) in [6.45, 7) is 1.79. The molecule has 1 aromatic carbocycles. The summed E-state index contributed by atoms with van der Waals surface area (Å²) in [7, 11) is 2.05. The Bertz CT molecular complexity index is 1320. The number of halogens is 2. The molecule has 4 heterocycles. The van der Waals surface area contributed by atoms with Crippen molar-refractivity contribution < 1.29 is 13.6 Å². The Morgan fingerprint density at radius 1 is 1.17 bits per heavy atom. The molecule has 3 aromatic rings. The Hall–Kier alpha value is -3.92. The molecule has 1 saturated heterocycles. The monoisotopic (exact) mass is 477 g/mol. The average molecular weight is 478 g/mol. The van der Waals surface area contributed by atoms with Gasteiger partial charge in [0.05, 0.1) is 12.0 Å². The topological polar surface area (TPSA) is 94.5 Å². The Morgan fingerprint density at radius 2 is 2.00 bits per heavy atom. The summed E-state index contributed by atoms with van der Waals surface area (Å²) in [5, 5.41) is 9.91. The lowest BCUT2D eigenvalue weighted by molar-refractivity contribution is -0.125. The number of benzene rings is 1. The number of nitrogens with zero attached hydrogens (tertiary/aromatic N) is 4. The molecule has 180 valence electrons. The second kappa shape index (κ2) is 9.75. The summed E-state index contributed by atoms with van der Waals surface area (Å²) >= 11 is 0. The fourth-order valence-electron chi connectivity index (χ4n) is 4.27. The quantitative estimate of drug-likeness (QED) is 0.522. The number of fused-ring (bicyclic) bond motifs is 1. The molecule has 3 N–H and O–H groups in total. The van der Waals surface area contributed by atoms with Gasteiger partial charge >= 0.3 is 0 Å². The summed E-state index contributed by atoms with van der Waals surface area (Å²) in [5.74, 6) is -0.658. The van der Waals surface area contributed by atoms with Crippen LogP contribution in [-0.2, 0) is 4.79 Å². The molecule has 0 bridgehead atoms. The van der Waals surface area contributed by atoms with Gasteiger partial charge in [0.15, 0.2) is 5.65 Å². The molecule has 1 unspecified atom stereocenters. The highest BCUT2D eigenvalue weighted by molar-refractivity contribution is 5.92. The molecule has 1 amide bonds. The summed E-state index contributed by atoms with van der Waals surface area (Å²) in [5.41, 5.74) is 1.27. The average Bonchev–Trinajstić information content (AvgIpc) is 2.86. The number of pyridine rings is 2. The summed E-state index contributed by atoms with van der Waals surface area (Å²) in [6, 6.07) is 8.49. The number of likely N-dealkylation sites (tertiary alicyclic amines) is 1. The second-order valence-corrected chi connectivity index (χ2v) is 8.71. The van der Waals surface area contributed by atoms with E-state index in [0.29, 0.717) is 22.5 Å². The third kappa shape index (κ3) is 5.12. The Labute approximate surface area is 201 Å². The molecule has 0 saturated carbocycles. The minimum Gasteiger partial charge on any atom is -0.360 e. The van der Waals surface area contributed by atoms with Crippen LogP contribution >= 0.6 is 0 Å². The number of carbonyl (C=O) groups excluding carboxylic acids is 1. The first-order chi connectivity index (χ1) is 17.0. The number of hydrogen-bond donors (Lipinski definition) is 3. The molecule has 0 spiro atoms. The van der Waals surface area contributed by atoms with Crippen molar-refractivity contribution in [3.05, 3.63) is 66.1 Å². The van der Waals surface area contributed by atoms with E-state index in [2.05, 4.69) is 42.9 Å². The third-order valence-electron chi connectivity index (χ3n) is 6.22. The van der Waals surface area contributed by atoms with Gasteiger partial charge in [-0.1, -0.05) is 0 Å². The van der Waals surface area contributed by atoms with E-state index in [9.17, 15) is 13.6 Å². The standard InChI is InChI=1S/C25H25F2N7O/c1-34-9-6-15(7-10-34)25(35)33-23-13-22(29-14-30-23)31-20-12-21(18-11-16(26)4-5-19(18)27)32-24-17(20)3-2-8-28-24/h2-5,8,11-15,22H,6-7,9-10H2,1H3,(H,29,30)(H,33,35)(H,28,31,32). The van der Waals surface area contributed by atoms with Crippen molar-refractivity contribution in [1.82, 2.24) is 25.5 Å². The molecule has 0 aliphatic carbocycles. The van der Waals surface area contributed by atoms with Gasteiger partial charge < -0.3 is 20.9 Å². The molecule has 35 heavy (non-hydrogen) atoms. The molecule has 10 heteroatoms. The number of anilines is 1. The highest BCUT2D eigenvalue weighted by Gasteiger charge is 2.24. The number of piperidine rings is 1. The lowest BCUT2D eigenvalue weighted by Gasteiger charge is -2.28. The van der Waals surface area contributed by atoms with Crippen LogP contribution in [0.15, 0.2) is 59.5 Å². The number of hydrogen-bond acceptors (Lipinski definition) is 7. The van der Waals surface area contributed by atoms with E-state index in [4.69, 9.17) is 0 Å². The zero-order valence-electron chi connectivity index (χ0n) is 19.1. The van der Waals surface area contributed by atoms with Crippen molar-refractivity contribution in [3.63, 3.8) is 0 Å². The summed E-state index contributed by atoms with van der Waals surface area (Å²) < 4.78 is 28.3. The molecular formula is C25H25F2N7O. The van der Waals surface area contributed by atoms with Crippen molar-refractivity contribution in [2.45, 2.75) is 19.0 Å². The van der Waals surface area contributed by atoms with Crippen molar-refractivity contribution in [3.8, 4) is 11.3 Å². The van der Waals surface area contributed by atoms with Gasteiger partial charge in [0, 0.05) is 34.8 Å². The third-order valence-corrected chi connectivity index (χ3v) is 6.22. The van der Waals surface area contributed by atoms with Gasteiger partial charge in [0.1, 0.15) is 23.6 Å². The molecule has 1 fully saturated rings. The lowest BCUT2D eigenvalue weighted by atomic mass is 9.96. The number of aliphatic imine (C=N–C) groups is 1. The Balaban J connectivity index is 1.40. The molecule has 0 radical (unpaired) electrons. The molecule has 2 aliphatic rings. The second-order valence-electron chi connectivity index (χ2n) is 8.71. The Morgan fingerprint density at radius 3 is 2.83 bits per heavy atom. The fourth-order valence-corrected chi connectivity index (χ4v) is 4.27. The number of nitrogens with one attached hydrogen (secondary N) is 3. The first kappa shape index (κ1) is 22.9. The van der Waals surface area contributed by atoms with Crippen LogP contribution < -0.4 is 16.0 Å². The van der Waals surface area contributed by atoms with Crippen LogP contribution in [0.5, 0.6) is 0 Å². The minimum atomic E-state index is -0.584. The molecule has 2 aromatic heterocycles. The maximum absolute atomic E-state index is 14.5. The highest BCUT2D eigenvalue weighted by atomic mass is 19.1. The van der Waals surface area contributed by atoms with Gasteiger partial charge in [-0.2, -0.15) is 0 Å². The molecular weight excluding hydrogens is 452 g/mol. The van der Waals surface area contributed by atoms with E-state index >= 15 is 0 Å².